The second kappa shape index (κ2) is 9.75. The van der Waals surface area contributed by atoms with Crippen LogP contribution in [0.15, 0.2) is 64.8 Å². The fourth-order valence-corrected chi connectivity index (χ4v) is 3.42. The Morgan fingerprint density at radius 2 is 1.83 bits per heavy atom. The van der Waals surface area contributed by atoms with Gasteiger partial charge in [-0.3, -0.25) is 4.79 Å². The first-order valence-corrected chi connectivity index (χ1v) is 10.5. The zero-order valence-electron chi connectivity index (χ0n) is 16.7. The van der Waals surface area contributed by atoms with Crippen LogP contribution in [-0.4, -0.2) is 37.8 Å². The number of nitrogens with two attached hydrogens (primary N) is 1. The van der Waals surface area contributed by atoms with Crippen molar-refractivity contribution < 1.29 is 19.1 Å². The van der Waals surface area contributed by atoms with Gasteiger partial charge in [0.05, 0.1) is 19.4 Å². The van der Waals surface area contributed by atoms with E-state index in [0.717, 1.165) is 9.26 Å². The van der Waals surface area contributed by atoms with Gasteiger partial charge >= 0.3 is 5.97 Å². The number of nitrogens with zero attached hydrogens (tertiary/aromatic N) is 2. The minimum atomic E-state index is -0.648. The van der Waals surface area contributed by atoms with Gasteiger partial charge in [0.2, 0.25) is 0 Å². The van der Waals surface area contributed by atoms with Crippen LogP contribution in [-0.2, 0) is 14.3 Å². The fraction of sp³-hybridized carbons (Fsp3) is 0.227. The number of aliphatic imine (C=N–C) groups is 1. The summed E-state index contributed by atoms with van der Waals surface area (Å²) in [5.41, 5.74) is 7.83. The van der Waals surface area contributed by atoms with Crippen LogP contribution < -0.4 is 15.4 Å². The van der Waals surface area contributed by atoms with E-state index in [-0.39, 0.29) is 23.9 Å². The number of hydrogen-bond acceptors (Lipinski definition) is 6. The van der Waals surface area contributed by atoms with E-state index in [9.17, 15) is 9.59 Å². The van der Waals surface area contributed by atoms with Crippen molar-refractivity contribution in [3.05, 3.63) is 63.4 Å². The number of halogens is 1. The Bertz CT molecular complexity index is 998. The lowest BCUT2D eigenvalue weighted by molar-refractivity contribution is -0.138. The molecule has 1 fully saturated rings. The highest BCUT2D eigenvalue weighted by Gasteiger charge is 2.33. The standard InChI is InChI=1S/C22H22IN3O4/c1-3-30-22(28)19(24)18-12-13-26(16-8-4-14(23)5-9-16)21(27)20(18)25-15-6-10-17(29-2)11-7-15/h4-11H,3,12-13,24H2,1-2H3. The highest BCUT2D eigenvalue weighted by Crippen LogP contribution is 2.27. The van der Waals surface area contributed by atoms with Crippen molar-refractivity contribution in [3.63, 3.8) is 0 Å². The molecule has 0 bridgehead atoms. The molecule has 0 aromatic heterocycles. The molecule has 0 aliphatic carbocycles. The van der Waals surface area contributed by atoms with Crippen molar-refractivity contribution >= 4 is 51.6 Å². The number of methoxy groups -OCH3 is 1. The molecule has 1 aliphatic rings. The Labute approximate surface area is 188 Å². The predicted molar refractivity (Wildman–Crippen MR) is 124 cm³/mol. The normalized spacial score (nSPS) is 17.1. The van der Waals surface area contributed by atoms with E-state index >= 15 is 0 Å². The second-order valence-corrected chi connectivity index (χ2v) is 7.70. The van der Waals surface area contributed by atoms with Gasteiger partial charge in [0, 0.05) is 21.4 Å². The molecule has 1 saturated heterocycles. The molecule has 7 nitrogen and oxygen atoms in total. The zero-order valence-corrected chi connectivity index (χ0v) is 18.9. The highest BCUT2D eigenvalue weighted by atomic mass is 127. The number of carbonyl (C=O) groups excluding carboxylic acids is 2. The van der Waals surface area contributed by atoms with Gasteiger partial charge in [0.25, 0.3) is 5.91 Å². The van der Waals surface area contributed by atoms with E-state index in [1.54, 1.807) is 43.2 Å². The SMILES string of the molecule is CCOC(=O)C(N)=C1CCN(c2ccc(I)cc2)C(=O)C1=Nc1ccc(OC)cc1. The van der Waals surface area contributed by atoms with Crippen LogP contribution in [0.2, 0.25) is 0 Å². The van der Waals surface area contributed by atoms with Crippen molar-refractivity contribution in [2.45, 2.75) is 13.3 Å². The van der Waals surface area contributed by atoms with Crippen LogP contribution >= 0.6 is 22.6 Å². The first kappa shape index (κ1) is 21.8. The Hall–Kier alpha value is -2.88. The van der Waals surface area contributed by atoms with Crippen molar-refractivity contribution in [1.29, 1.82) is 0 Å². The molecule has 0 radical (unpaired) electrons. The predicted octanol–water partition coefficient (Wildman–Crippen LogP) is 3.59. The number of ether oxygens (including phenoxy) is 2. The molecule has 30 heavy (non-hydrogen) atoms. The Kier molecular flexibility index (Phi) is 7.09. The lowest BCUT2D eigenvalue weighted by atomic mass is 9.97. The topological polar surface area (TPSA) is 94.2 Å². The highest BCUT2D eigenvalue weighted by molar-refractivity contribution is 14.1. The Morgan fingerprint density at radius 3 is 2.43 bits per heavy atom. The van der Waals surface area contributed by atoms with Gasteiger partial charge in [-0.15, -0.1) is 0 Å². The Balaban J connectivity index is 2.05. The third-order valence-electron chi connectivity index (χ3n) is 4.59. The van der Waals surface area contributed by atoms with Gasteiger partial charge in [0.1, 0.15) is 17.2 Å². The summed E-state index contributed by atoms with van der Waals surface area (Å²) in [6.45, 7) is 2.28. The van der Waals surface area contributed by atoms with Crippen LogP contribution in [0.4, 0.5) is 11.4 Å². The second-order valence-electron chi connectivity index (χ2n) is 6.45. The van der Waals surface area contributed by atoms with E-state index in [1.807, 2.05) is 24.3 Å². The molecule has 0 atom stereocenters. The van der Waals surface area contributed by atoms with E-state index in [2.05, 4.69) is 27.6 Å². The molecule has 8 heteroatoms. The van der Waals surface area contributed by atoms with E-state index < -0.39 is 5.97 Å². The maximum absolute atomic E-state index is 13.4. The smallest absolute Gasteiger partial charge is 0.354 e. The van der Waals surface area contributed by atoms with Crippen LogP contribution in [0.1, 0.15) is 13.3 Å². The summed E-state index contributed by atoms with van der Waals surface area (Å²) in [7, 11) is 1.57. The summed E-state index contributed by atoms with van der Waals surface area (Å²) in [6, 6.07) is 14.6. The van der Waals surface area contributed by atoms with Gasteiger partial charge in [-0.05, 0) is 84.5 Å². The largest absolute Gasteiger partial charge is 0.497 e. The van der Waals surface area contributed by atoms with Gasteiger partial charge in [0.15, 0.2) is 0 Å². The molecule has 2 N–H and O–H groups in total. The molecular formula is C22H22IN3O4. The summed E-state index contributed by atoms with van der Waals surface area (Å²) in [5.74, 6) is -0.290. The summed E-state index contributed by atoms with van der Waals surface area (Å²) >= 11 is 2.21. The number of rotatable bonds is 5. The number of hydrogen-bond donors (Lipinski definition) is 1. The van der Waals surface area contributed by atoms with Gasteiger partial charge in [-0.2, -0.15) is 0 Å². The fourth-order valence-electron chi connectivity index (χ4n) is 3.06. The number of anilines is 1. The number of esters is 1. The number of carbonyl (C=O) groups is 2. The molecular weight excluding hydrogens is 497 g/mol. The van der Waals surface area contributed by atoms with E-state index in [4.69, 9.17) is 15.2 Å². The average molecular weight is 519 g/mol. The number of amides is 1. The van der Waals surface area contributed by atoms with Crippen LogP contribution in [0, 0.1) is 3.57 Å². The summed E-state index contributed by atoms with van der Waals surface area (Å²) in [5, 5.41) is 0. The first-order chi connectivity index (χ1) is 14.4. The maximum atomic E-state index is 13.4. The third-order valence-corrected chi connectivity index (χ3v) is 5.31. The molecule has 2 aromatic carbocycles. The quantitative estimate of drug-likeness (QED) is 0.370. The summed E-state index contributed by atoms with van der Waals surface area (Å²) < 4.78 is 11.3. The summed E-state index contributed by atoms with van der Waals surface area (Å²) in [6.07, 6.45) is 0.386. The van der Waals surface area contributed by atoms with Crippen LogP contribution in [0.5, 0.6) is 5.75 Å². The first-order valence-electron chi connectivity index (χ1n) is 9.41. The van der Waals surface area contributed by atoms with Crippen molar-refractivity contribution in [2.24, 2.45) is 10.7 Å². The molecule has 3 rings (SSSR count). The van der Waals surface area contributed by atoms with Crippen molar-refractivity contribution in [1.82, 2.24) is 0 Å². The lowest BCUT2D eigenvalue weighted by Gasteiger charge is -2.30. The summed E-state index contributed by atoms with van der Waals surface area (Å²) in [4.78, 5) is 31.8. The van der Waals surface area contributed by atoms with Crippen molar-refractivity contribution in [2.75, 3.05) is 25.2 Å². The zero-order chi connectivity index (χ0) is 21.7. The maximum Gasteiger partial charge on any atom is 0.354 e. The molecule has 0 saturated carbocycles. The number of piperidine rings is 1. The molecule has 0 unspecified atom stereocenters. The lowest BCUT2D eigenvalue weighted by Crippen LogP contribution is -2.44. The van der Waals surface area contributed by atoms with Crippen LogP contribution in [0.25, 0.3) is 0 Å². The van der Waals surface area contributed by atoms with Gasteiger partial charge < -0.3 is 20.1 Å². The third kappa shape index (κ3) is 4.81. The molecule has 2 aromatic rings. The molecule has 1 heterocycles. The minimum Gasteiger partial charge on any atom is -0.497 e. The van der Waals surface area contributed by atoms with E-state index in [1.165, 1.54) is 0 Å². The van der Waals surface area contributed by atoms with E-state index in [0.29, 0.717) is 30.0 Å². The molecule has 1 amide bonds. The average Bonchev–Trinajstić information content (AvgIpc) is 2.76. The van der Waals surface area contributed by atoms with Crippen molar-refractivity contribution in [3.8, 4) is 5.75 Å². The van der Waals surface area contributed by atoms with Crippen LogP contribution in [0.3, 0.4) is 0 Å². The molecule has 0 spiro atoms. The minimum absolute atomic E-state index is 0.0836. The Morgan fingerprint density at radius 1 is 1.17 bits per heavy atom. The molecule has 156 valence electrons. The van der Waals surface area contributed by atoms with Gasteiger partial charge in [-0.1, -0.05) is 0 Å². The van der Waals surface area contributed by atoms with Gasteiger partial charge in [-0.25, -0.2) is 9.79 Å². The monoisotopic (exact) mass is 519 g/mol. The number of benzene rings is 2. The molecule has 1 aliphatic heterocycles.